The minimum absolute atomic E-state index is 0.0553. The van der Waals surface area contributed by atoms with Gasteiger partial charge in [0, 0.05) is 37.4 Å². The van der Waals surface area contributed by atoms with E-state index < -0.39 is 0 Å². The molecule has 0 spiro atoms. The van der Waals surface area contributed by atoms with E-state index in [9.17, 15) is 4.79 Å². The fourth-order valence-electron chi connectivity index (χ4n) is 2.61. The lowest BCUT2D eigenvalue weighted by Gasteiger charge is -2.42. The maximum absolute atomic E-state index is 12.6. The van der Waals surface area contributed by atoms with Gasteiger partial charge < -0.3 is 10.6 Å². The van der Waals surface area contributed by atoms with E-state index in [1.54, 1.807) is 0 Å². The van der Waals surface area contributed by atoms with Gasteiger partial charge in [-0.2, -0.15) is 0 Å². The highest BCUT2D eigenvalue weighted by Crippen LogP contribution is 2.20. The molecule has 110 valence electrons. The SMILES string of the molecule is Cc1ccc(N)c(C(=O)N2CCN(C(C)(C)C)CC2)c1. The van der Waals surface area contributed by atoms with Crippen LogP contribution in [0.25, 0.3) is 0 Å². The quantitative estimate of drug-likeness (QED) is 0.799. The molecular weight excluding hydrogens is 250 g/mol. The largest absolute Gasteiger partial charge is 0.398 e. The summed E-state index contributed by atoms with van der Waals surface area (Å²) in [6.07, 6.45) is 0. The smallest absolute Gasteiger partial charge is 0.256 e. The lowest BCUT2D eigenvalue weighted by atomic mass is 10.0. The number of hydrogen-bond donors (Lipinski definition) is 1. The van der Waals surface area contributed by atoms with Crippen LogP contribution in [0.4, 0.5) is 5.69 Å². The molecule has 0 aliphatic carbocycles. The molecule has 0 bridgehead atoms. The summed E-state index contributed by atoms with van der Waals surface area (Å²) in [6.45, 7) is 12.0. The Hall–Kier alpha value is -1.55. The number of nitrogen functional groups attached to an aromatic ring is 1. The molecular formula is C16H25N3O. The van der Waals surface area contributed by atoms with Gasteiger partial charge in [-0.05, 0) is 39.8 Å². The molecule has 1 aromatic carbocycles. The van der Waals surface area contributed by atoms with E-state index in [1.807, 2.05) is 30.0 Å². The van der Waals surface area contributed by atoms with Crippen LogP contribution in [0.5, 0.6) is 0 Å². The number of nitrogens with zero attached hydrogens (tertiary/aromatic N) is 2. The summed E-state index contributed by atoms with van der Waals surface area (Å²) >= 11 is 0. The van der Waals surface area contributed by atoms with Gasteiger partial charge in [-0.3, -0.25) is 9.69 Å². The first-order valence-corrected chi connectivity index (χ1v) is 7.19. The summed E-state index contributed by atoms with van der Waals surface area (Å²) in [7, 11) is 0. The lowest BCUT2D eigenvalue weighted by Crippen LogP contribution is -2.54. The van der Waals surface area contributed by atoms with E-state index in [-0.39, 0.29) is 11.4 Å². The van der Waals surface area contributed by atoms with Crippen molar-refractivity contribution in [3.05, 3.63) is 29.3 Å². The van der Waals surface area contributed by atoms with Crippen molar-refractivity contribution in [2.45, 2.75) is 33.2 Å². The number of hydrogen-bond acceptors (Lipinski definition) is 3. The van der Waals surface area contributed by atoms with Crippen molar-refractivity contribution >= 4 is 11.6 Å². The summed E-state index contributed by atoms with van der Waals surface area (Å²) in [4.78, 5) is 16.9. The summed E-state index contributed by atoms with van der Waals surface area (Å²) in [5, 5.41) is 0. The molecule has 1 aromatic rings. The average molecular weight is 275 g/mol. The van der Waals surface area contributed by atoms with Crippen LogP contribution in [0.15, 0.2) is 18.2 Å². The fraction of sp³-hybridized carbons (Fsp3) is 0.562. The third kappa shape index (κ3) is 3.12. The number of aryl methyl sites for hydroxylation is 1. The van der Waals surface area contributed by atoms with E-state index in [0.717, 1.165) is 31.7 Å². The molecule has 2 rings (SSSR count). The van der Waals surface area contributed by atoms with Gasteiger partial charge in [-0.15, -0.1) is 0 Å². The molecule has 1 heterocycles. The second-order valence-electron chi connectivity index (χ2n) is 6.54. The van der Waals surface area contributed by atoms with E-state index in [4.69, 9.17) is 5.73 Å². The van der Waals surface area contributed by atoms with Crippen molar-refractivity contribution in [1.29, 1.82) is 0 Å². The zero-order valence-electron chi connectivity index (χ0n) is 12.9. The molecule has 0 aromatic heterocycles. The highest BCUT2D eigenvalue weighted by molar-refractivity contribution is 5.99. The maximum Gasteiger partial charge on any atom is 0.256 e. The Morgan fingerprint density at radius 3 is 2.30 bits per heavy atom. The van der Waals surface area contributed by atoms with Gasteiger partial charge in [-0.1, -0.05) is 11.6 Å². The van der Waals surface area contributed by atoms with Crippen molar-refractivity contribution in [2.24, 2.45) is 0 Å². The Morgan fingerprint density at radius 1 is 1.15 bits per heavy atom. The van der Waals surface area contributed by atoms with Crippen molar-refractivity contribution in [3.63, 3.8) is 0 Å². The number of amides is 1. The van der Waals surface area contributed by atoms with Gasteiger partial charge in [0.25, 0.3) is 5.91 Å². The number of rotatable bonds is 1. The summed E-state index contributed by atoms with van der Waals surface area (Å²) < 4.78 is 0. The Morgan fingerprint density at radius 2 is 1.75 bits per heavy atom. The minimum Gasteiger partial charge on any atom is -0.398 e. The zero-order chi connectivity index (χ0) is 14.9. The van der Waals surface area contributed by atoms with Crippen molar-refractivity contribution < 1.29 is 4.79 Å². The topological polar surface area (TPSA) is 49.6 Å². The van der Waals surface area contributed by atoms with Gasteiger partial charge in [0.2, 0.25) is 0 Å². The Balaban J connectivity index is 2.07. The first-order valence-electron chi connectivity index (χ1n) is 7.19. The third-order valence-corrected chi connectivity index (χ3v) is 3.95. The molecule has 1 amide bonds. The molecule has 20 heavy (non-hydrogen) atoms. The van der Waals surface area contributed by atoms with Gasteiger partial charge in [-0.25, -0.2) is 0 Å². The van der Waals surface area contributed by atoms with Gasteiger partial charge >= 0.3 is 0 Å². The summed E-state index contributed by atoms with van der Waals surface area (Å²) in [6, 6.07) is 5.63. The molecule has 1 saturated heterocycles. The normalized spacial score (nSPS) is 17.3. The second-order valence-corrected chi connectivity index (χ2v) is 6.54. The maximum atomic E-state index is 12.6. The third-order valence-electron chi connectivity index (χ3n) is 3.95. The van der Waals surface area contributed by atoms with Crippen molar-refractivity contribution in [2.75, 3.05) is 31.9 Å². The lowest BCUT2D eigenvalue weighted by molar-refractivity contribution is 0.0452. The van der Waals surface area contributed by atoms with E-state index in [2.05, 4.69) is 25.7 Å². The first kappa shape index (κ1) is 14.9. The van der Waals surface area contributed by atoms with Crippen LogP contribution >= 0.6 is 0 Å². The van der Waals surface area contributed by atoms with Crippen LogP contribution in [-0.4, -0.2) is 47.4 Å². The van der Waals surface area contributed by atoms with Gasteiger partial charge in [0.15, 0.2) is 0 Å². The zero-order valence-corrected chi connectivity index (χ0v) is 12.9. The summed E-state index contributed by atoms with van der Waals surface area (Å²) in [5.74, 6) is 0.0553. The molecule has 1 aliphatic rings. The molecule has 1 fully saturated rings. The molecule has 4 nitrogen and oxygen atoms in total. The Bertz CT molecular complexity index is 497. The highest BCUT2D eigenvalue weighted by Gasteiger charge is 2.28. The number of benzene rings is 1. The number of anilines is 1. The predicted molar refractivity (Wildman–Crippen MR) is 82.8 cm³/mol. The molecule has 0 saturated carbocycles. The highest BCUT2D eigenvalue weighted by atomic mass is 16.2. The number of piperazine rings is 1. The van der Waals surface area contributed by atoms with E-state index in [0.29, 0.717) is 11.3 Å². The van der Waals surface area contributed by atoms with Crippen LogP contribution in [0.1, 0.15) is 36.7 Å². The second kappa shape index (κ2) is 5.44. The van der Waals surface area contributed by atoms with Crippen LogP contribution in [0.2, 0.25) is 0 Å². The Kier molecular flexibility index (Phi) is 4.04. The monoisotopic (exact) mass is 275 g/mol. The molecule has 4 heteroatoms. The molecule has 1 aliphatic heterocycles. The Labute approximate surface area is 121 Å². The number of carbonyl (C=O) groups is 1. The molecule has 2 N–H and O–H groups in total. The standard InChI is InChI=1S/C16H25N3O/c1-12-5-6-14(17)13(11-12)15(20)18-7-9-19(10-8-18)16(2,3)4/h5-6,11H,7-10,17H2,1-4H3. The van der Waals surface area contributed by atoms with Crippen LogP contribution < -0.4 is 5.73 Å². The minimum atomic E-state index is 0.0553. The van der Waals surface area contributed by atoms with Crippen LogP contribution in [0.3, 0.4) is 0 Å². The summed E-state index contributed by atoms with van der Waals surface area (Å²) in [5.41, 5.74) is 8.37. The molecule has 0 radical (unpaired) electrons. The van der Waals surface area contributed by atoms with Crippen LogP contribution in [0, 0.1) is 6.92 Å². The number of nitrogens with two attached hydrogens (primary N) is 1. The van der Waals surface area contributed by atoms with Gasteiger partial charge in [0.1, 0.15) is 0 Å². The van der Waals surface area contributed by atoms with Crippen molar-refractivity contribution in [3.8, 4) is 0 Å². The fourth-order valence-corrected chi connectivity index (χ4v) is 2.61. The van der Waals surface area contributed by atoms with E-state index in [1.165, 1.54) is 0 Å². The van der Waals surface area contributed by atoms with Crippen molar-refractivity contribution in [1.82, 2.24) is 9.80 Å². The first-order chi connectivity index (χ1) is 9.29. The average Bonchev–Trinajstić information content (AvgIpc) is 2.40. The predicted octanol–water partition coefficient (Wildman–Crippen LogP) is 2.13. The van der Waals surface area contributed by atoms with Crippen LogP contribution in [-0.2, 0) is 0 Å². The van der Waals surface area contributed by atoms with Gasteiger partial charge in [0.05, 0.1) is 5.56 Å². The van der Waals surface area contributed by atoms with E-state index >= 15 is 0 Å². The molecule has 0 atom stereocenters. The number of carbonyl (C=O) groups excluding carboxylic acids is 1. The molecule has 0 unspecified atom stereocenters.